The molecule has 3 nitrogen and oxygen atoms in total. The predicted octanol–water partition coefficient (Wildman–Crippen LogP) is 2.62. The second-order valence-corrected chi connectivity index (χ2v) is 4.53. The Kier molecular flexibility index (Phi) is 3.41. The summed E-state index contributed by atoms with van der Waals surface area (Å²) < 4.78 is 7.76. The maximum absolute atomic E-state index is 11.5. The summed E-state index contributed by atoms with van der Waals surface area (Å²) >= 11 is 3.43. The van der Waals surface area contributed by atoms with E-state index in [1.807, 2.05) is 35.0 Å². The topological polar surface area (TPSA) is 31.2 Å². The lowest BCUT2D eigenvalue weighted by molar-refractivity contribution is -0.123. The predicted molar refractivity (Wildman–Crippen MR) is 66.5 cm³/mol. The molecular formula is C12H12BrNO2. The number of halogens is 1. The van der Waals surface area contributed by atoms with E-state index in [4.69, 9.17) is 4.74 Å². The second kappa shape index (κ2) is 4.80. The first-order chi connectivity index (χ1) is 7.70. The van der Waals surface area contributed by atoms with Crippen molar-refractivity contribution in [3.05, 3.63) is 34.9 Å². The van der Waals surface area contributed by atoms with E-state index >= 15 is 0 Å². The molecule has 0 saturated heterocycles. The van der Waals surface area contributed by atoms with Crippen LogP contribution in [0.25, 0.3) is 10.9 Å². The molecule has 0 radical (unpaired) electrons. The van der Waals surface area contributed by atoms with E-state index in [0.29, 0.717) is 6.54 Å². The van der Waals surface area contributed by atoms with Crippen LogP contribution in [0, 0.1) is 0 Å². The zero-order valence-electron chi connectivity index (χ0n) is 8.94. The van der Waals surface area contributed by atoms with Crippen molar-refractivity contribution in [2.45, 2.75) is 6.54 Å². The van der Waals surface area contributed by atoms with Crippen molar-refractivity contribution in [3.63, 3.8) is 0 Å². The number of nitrogens with zero attached hydrogens (tertiary/aromatic N) is 1. The summed E-state index contributed by atoms with van der Waals surface area (Å²) in [5.41, 5.74) is 1.05. The van der Waals surface area contributed by atoms with Gasteiger partial charge in [-0.3, -0.25) is 4.79 Å². The van der Waals surface area contributed by atoms with E-state index < -0.39 is 0 Å². The zero-order valence-corrected chi connectivity index (χ0v) is 10.5. The third-order valence-electron chi connectivity index (χ3n) is 2.39. The molecule has 0 amide bonds. The number of hydrogen-bond donors (Lipinski definition) is 0. The van der Waals surface area contributed by atoms with Crippen molar-refractivity contribution in [2.24, 2.45) is 0 Å². The van der Waals surface area contributed by atoms with Gasteiger partial charge in [0.05, 0.1) is 6.54 Å². The number of ether oxygens (including phenoxy) is 1. The fourth-order valence-electron chi connectivity index (χ4n) is 1.69. The van der Waals surface area contributed by atoms with Gasteiger partial charge in [0.15, 0.2) is 5.78 Å². The van der Waals surface area contributed by atoms with Crippen LogP contribution in [-0.2, 0) is 16.1 Å². The minimum Gasteiger partial charge on any atom is -0.377 e. The molecule has 2 aromatic rings. The third kappa shape index (κ3) is 2.33. The summed E-state index contributed by atoms with van der Waals surface area (Å²) in [5, 5.41) is 1.13. The molecule has 0 bridgehead atoms. The standard InChI is InChI=1S/C12H12BrNO2/c1-16-8-11(15)7-14-5-4-9-2-3-10(13)6-12(9)14/h2-6H,7-8H2,1H3. The van der Waals surface area contributed by atoms with Crippen LogP contribution in [-0.4, -0.2) is 24.1 Å². The Morgan fingerprint density at radius 3 is 3.00 bits per heavy atom. The minimum absolute atomic E-state index is 0.0694. The van der Waals surface area contributed by atoms with Crippen molar-refractivity contribution < 1.29 is 9.53 Å². The summed E-state index contributed by atoms with van der Waals surface area (Å²) in [6, 6.07) is 8.03. The Balaban J connectivity index is 2.30. The highest BCUT2D eigenvalue weighted by Crippen LogP contribution is 2.20. The molecule has 0 aliphatic carbocycles. The van der Waals surface area contributed by atoms with Crippen molar-refractivity contribution >= 4 is 32.6 Å². The third-order valence-corrected chi connectivity index (χ3v) is 2.88. The number of fused-ring (bicyclic) bond motifs is 1. The van der Waals surface area contributed by atoms with Gasteiger partial charge in [-0.15, -0.1) is 0 Å². The minimum atomic E-state index is 0.0694. The van der Waals surface area contributed by atoms with Gasteiger partial charge < -0.3 is 9.30 Å². The molecule has 0 fully saturated rings. The molecule has 0 unspecified atom stereocenters. The number of rotatable bonds is 4. The van der Waals surface area contributed by atoms with E-state index in [0.717, 1.165) is 15.4 Å². The van der Waals surface area contributed by atoms with Crippen LogP contribution in [0.2, 0.25) is 0 Å². The SMILES string of the molecule is COCC(=O)Cn1ccc2ccc(Br)cc21. The van der Waals surface area contributed by atoms with E-state index in [1.165, 1.54) is 7.11 Å². The number of methoxy groups -OCH3 is 1. The fourth-order valence-corrected chi connectivity index (χ4v) is 2.04. The van der Waals surface area contributed by atoms with Gasteiger partial charge in [-0.2, -0.15) is 0 Å². The van der Waals surface area contributed by atoms with E-state index in [9.17, 15) is 4.79 Å². The number of carbonyl (C=O) groups excluding carboxylic acids is 1. The van der Waals surface area contributed by atoms with Gasteiger partial charge >= 0.3 is 0 Å². The Hall–Kier alpha value is -1.13. The number of aromatic nitrogens is 1. The van der Waals surface area contributed by atoms with Crippen LogP contribution in [0.15, 0.2) is 34.9 Å². The Morgan fingerprint density at radius 2 is 2.25 bits per heavy atom. The molecule has 0 aliphatic rings. The van der Waals surface area contributed by atoms with Crippen LogP contribution in [0.1, 0.15) is 0 Å². The molecule has 84 valence electrons. The summed E-state index contributed by atoms with van der Waals surface area (Å²) in [6.07, 6.45) is 1.92. The normalized spacial score (nSPS) is 10.9. The zero-order chi connectivity index (χ0) is 11.5. The average Bonchev–Trinajstić information content (AvgIpc) is 2.61. The van der Waals surface area contributed by atoms with Gasteiger partial charge in [0.2, 0.25) is 0 Å². The molecule has 1 aromatic heterocycles. The molecular weight excluding hydrogens is 270 g/mol. The van der Waals surface area contributed by atoms with Gasteiger partial charge in [-0.25, -0.2) is 0 Å². The molecule has 2 rings (SSSR count). The number of hydrogen-bond acceptors (Lipinski definition) is 2. The molecule has 0 saturated carbocycles. The van der Waals surface area contributed by atoms with E-state index in [1.54, 1.807) is 0 Å². The highest BCUT2D eigenvalue weighted by atomic mass is 79.9. The maximum Gasteiger partial charge on any atom is 0.178 e. The van der Waals surface area contributed by atoms with Gasteiger partial charge in [0, 0.05) is 23.3 Å². The lowest BCUT2D eigenvalue weighted by atomic mass is 10.2. The van der Waals surface area contributed by atoms with E-state index in [2.05, 4.69) is 15.9 Å². The molecule has 0 spiro atoms. The quantitative estimate of drug-likeness (QED) is 0.863. The summed E-state index contributed by atoms with van der Waals surface area (Å²) in [4.78, 5) is 11.5. The monoisotopic (exact) mass is 281 g/mol. The first-order valence-corrected chi connectivity index (χ1v) is 5.75. The van der Waals surface area contributed by atoms with E-state index in [-0.39, 0.29) is 12.4 Å². The van der Waals surface area contributed by atoms with Crippen molar-refractivity contribution in [2.75, 3.05) is 13.7 Å². The lowest BCUT2D eigenvalue weighted by Gasteiger charge is -2.04. The van der Waals surface area contributed by atoms with Crippen LogP contribution >= 0.6 is 15.9 Å². The van der Waals surface area contributed by atoms with Crippen LogP contribution < -0.4 is 0 Å². The second-order valence-electron chi connectivity index (χ2n) is 3.62. The first-order valence-electron chi connectivity index (χ1n) is 4.96. The number of ketones is 1. The van der Waals surface area contributed by atoms with Crippen LogP contribution in [0.5, 0.6) is 0 Å². The smallest absolute Gasteiger partial charge is 0.178 e. The lowest BCUT2D eigenvalue weighted by Crippen LogP contribution is -2.14. The first kappa shape index (κ1) is 11.4. The fraction of sp³-hybridized carbons (Fsp3) is 0.250. The Labute approximate surface area is 102 Å². The van der Waals surface area contributed by atoms with Gasteiger partial charge in [-0.05, 0) is 23.6 Å². The Bertz CT molecular complexity index is 519. The molecule has 0 aliphatic heterocycles. The summed E-state index contributed by atoms with van der Waals surface area (Å²) in [6.45, 7) is 0.515. The highest BCUT2D eigenvalue weighted by molar-refractivity contribution is 9.10. The average molecular weight is 282 g/mol. The maximum atomic E-state index is 11.5. The molecule has 1 aromatic carbocycles. The van der Waals surface area contributed by atoms with Gasteiger partial charge in [-0.1, -0.05) is 22.0 Å². The molecule has 16 heavy (non-hydrogen) atoms. The number of carbonyl (C=O) groups is 1. The Morgan fingerprint density at radius 1 is 1.44 bits per heavy atom. The van der Waals surface area contributed by atoms with Crippen molar-refractivity contribution in [1.29, 1.82) is 0 Å². The van der Waals surface area contributed by atoms with Gasteiger partial charge in [0.1, 0.15) is 6.61 Å². The number of Topliss-reactive ketones (excluding diaryl/α,β-unsaturated/α-hetero) is 1. The summed E-state index contributed by atoms with van der Waals surface area (Å²) in [7, 11) is 1.53. The van der Waals surface area contributed by atoms with Crippen LogP contribution in [0.3, 0.4) is 0 Å². The molecule has 0 N–H and O–H groups in total. The summed E-state index contributed by atoms with van der Waals surface area (Å²) in [5.74, 6) is 0.0694. The van der Waals surface area contributed by atoms with Gasteiger partial charge in [0.25, 0.3) is 0 Å². The largest absolute Gasteiger partial charge is 0.377 e. The van der Waals surface area contributed by atoms with Crippen LogP contribution in [0.4, 0.5) is 0 Å². The molecule has 4 heteroatoms. The highest BCUT2D eigenvalue weighted by Gasteiger charge is 2.06. The van der Waals surface area contributed by atoms with Crippen molar-refractivity contribution in [3.8, 4) is 0 Å². The van der Waals surface area contributed by atoms with Crippen molar-refractivity contribution in [1.82, 2.24) is 4.57 Å². The number of benzene rings is 1. The molecule has 1 heterocycles. The molecule has 0 atom stereocenters.